The Labute approximate surface area is 410 Å². The molecule has 0 aromatic heterocycles. The van der Waals surface area contributed by atoms with Crippen LogP contribution in [0.15, 0.2) is 0 Å². The molecular formula is C36H74K3O5P. The topological polar surface area (TPSA) is 95.5 Å². The Kier molecular flexibility index (Phi) is 64.5. The van der Waals surface area contributed by atoms with Crippen LogP contribution in [-0.2, 0) is 9.30 Å². The maximum Gasteiger partial charge on any atom is 1.00 e. The number of unbranched alkanes of at least 4 members (excludes halogenated alkanes) is 20. The second kappa shape index (κ2) is 49.0. The van der Waals surface area contributed by atoms with Crippen molar-refractivity contribution in [3.63, 3.8) is 0 Å². The molecule has 0 fully saturated rings. The Morgan fingerprint density at radius 3 is 0.800 bits per heavy atom. The van der Waals surface area contributed by atoms with Gasteiger partial charge in [-0.25, -0.2) is 0 Å². The quantitative estimate of drug-likeness (QED) is 0.0593. The minimum absolute atomic E-state index is 0. The molecule has 2 atom stereocenters. The molecule has 45 heavy (non-hydrogen) atoms. The standard InChI is InChI=1S/C36H74O.3K.H3O4P/c1-5-9-13-17-19-21-23-27-31-35(29-25-15-11-7-3)33-37-34-36(30-26-16-12-8-4)32-28-24-22-20-18-14-10-6-2;;;;1-5(2,3)4/h35-36H,5-34H2,1-4H3;;;;(H3,1,2,3,4)/q;3*+1;/p-3. The van der Waals surface area contributed by atoms with E-state index in [1.54, 1.807) is 0 Å². The van der Waals surface area contributed by atoms with Gasteiger partial charge in [0.05, 0.1) is 0 Å². The van der Waals surface area contributed by atoms with E-state index < -0.39 is 7.82 Å². The Morgan fingerprint density at radius 2 is 0.578 bits per heavy atom. The van der Waals surface area contributed by atoms with E-state index in [0.717, 1.165) is 25.0 Å². The summed E-state index contributed by atoms with van der Waals surface area (Å²) in [7, 11) is -5.39. The molecule has 0 aromatic carbocycles. The van der Waals surface area contributed by atoms with Crippen molar-refractivity contribution in [2.24, 2.45) is 11.8 Å². The minimum Gasteiger partial charge on any atom is -0.822 e. The molecule has 0 aliphatic rings. The maximum absolute atomic E-state index is 8.55. The largest absolute Gasteiger partial charge is 1.00 e. The third-order valence-corrected chi connectivity index (χ3v) is 8.57. The van der Waals surface area contributed by atoms with Crippen LogP contribution in [0.5, 0.6) is 0 Å². The Bertz CT molecular complexity index is 511. The second-order valence-electron chi connectivity index (χ2n) is 12.9. The van der Waals surface area contributed by atoms with Crippen LogP contribution in [0.1, 0.15) is 207 Å². The summed E-state index contributed by atoms with van der Waals surface area (Å²) < 4.78 is 15.1. The molecule has 0 aromatic rings. The molecule has 9 heteroatoms. The van der Waals surface area contributed by atoms with Crippen LogP contribution in [0.3, 0.4) is 0 Å². The van der Waals surface area contributed by atoms with Gasteiger partial charge in [-0.3, -0.25) is 0 Å². The zero-order valence-corrected chi connectivity index (χ0v) is 42.1. The van der Waals surface area contributed by atoms with Crippen LogP contribution in [0.25, 0.3) is 0 Å². The van der Waals surface area contributed by atoms with Gasteiger partial charge >= 0.3 is 154 Å². The van der Waals surface area contributed by atoms with Gasteiger partial charge in [-0.05, 0) is 37.5 Å². The van der Waals surface area contributed by atoms with Crippen molar-refractivity contribution in [2.75, 3.05) is 13.2 Å². The van der Waals surface area contributed by atoms with Crippen LogP contribution in [0.4, 0.5) is 0 Å². The van der Waals surface area contributed by atoms with Gasteiger partial charge in [0.25, 0.3) is 0 Å². The van der Waals surface area contributed by atoms with Crippen molar-refractivity contribution >= 4 is 7.82 Å². The van der Waals surface area contributed by atoms with E-state index in [2.05, 4.69) is 27.7 Å². The van der Waals surface area contributed by atoms with Crippen LogP contribution in [-0.4, -0.2) is 13.2 Å². The Morgan fingerprint density at radius 1 is 0.400 bits per heavy atom. The van der Waals surface area contributed by atoms with Crippen molar-refractivity contribution in [2.45, 2.75) is 207 Å². The summed E-state index contributed by atoms with van der Waals surface area (Å²) in [6.07, 6.45) is 39.7. The molecule has 0 heterocycles. The van der Waals surface area contributed by atoms with Crippen LogP contribution in [0, 0.1) is 11.8 Å². The molecule has 0 saturated carbocycles. The number of phosphoric acid groups is 1. The molecule has 0 radical (unpaired) electrons. The van der Waals surface area contributed by atoms with Gasteiger partial charge in [-0.15, -0.1) is 0 Å². The first-order chi connectivity index (χ1) is 20.3. The molecule has 0 bridgehead atoms. The Balaban J connectivity index is -0.000000613. The van der Waals surface area contributed by atoms with Crippen LogP contribution in [0.2, 0.25) is 0 Å². The van der Waals surface area contributed by atoms with Crippen molar-refractivity contribution < 1.29 is 178 Å². The van der Waals surface area contributed by atoms with E-state index >= 15 is 0 Å². The summed E-state index contributed by atoms with van der Waals surface area (Å²) >= 11 is 0. The van der Waals surface area contributed by atoms with E-state index in [1.165, 1.54) is 180 Å². The molecule has 256 valence electrons. The SMILES string of the molecule is CCCCCCCCCCC(CCCCCC)COCC(CCCCCC)CCCCCCCCCC.O=P([O-])([O-])[O-].[K+].[K+].[K+]. The molecule has 0 N–H and O–H groups in total. The molecule has 5 nitrogen and oxygen atoms in total. The molecule has 0 saturated heterocycles. The van der Waals surface area contributed by atoms with Crippen LogP contribution >= 0.6 is 7.82 Å². The fourth-order valence-electron chi connectivity index (χ4n) is 5.88. The molecule has 2 unspecified atom stereocenters. The van der Waals surface area contributed by atoms with Gasteiger partial charge in [-0.1, -0.05) is 182 Å². The molecule has 0 aliphatic carbocycles. The molecule has 0 spiro atoms. The molecule has 0 amide bonds. The third kappa shape index (κ3) is 58.5. The minimum atomic E-state index is -5.39. The van der Waals surface area contributed by atoms with Gasteiger partial charge in [-0.2, -0.15) is 7.82 Å². The van der Waals surface area contributed by atoms with Gasteiger partial charge in [0.1, 0.15) is 0 Å². The van der Waals surface area contributed by atoms with Crippen molar-refractivity contribution in [3.8, 4) is 0 Å². The smallest absolute Gasteiger partial charge is 0.822 e. The van der Waals surface area contributed by atoms with Gasteiger partial charge in [0, 0.05) is 13.2 Å². The van der Waals surface area contributed by atoms with Crippen molar-refractivity contribution in [1.29, 1.82) is 0 Å². The predicted octanol–water partition coefficient (Wildman–Crippen LogP) is 1.43. The van der Waals surface area contributed by atoms with Gasteiger partial charge in [0.15, 0.2) is 0 Å². The van der Waals surface area contributed by atoms with E-state index in [1.807, 2.05) is 0 Å². The Hall–Kier alpha value is 4.98. The fourth-order valence-corrected chi connectivity index (χ4v) is 5.88. The fraction of sp³-hybridized carbons (Fsp3) is 1.00. The first kappa shape index (κ1) is 59.3. The summed E-state index contributed by atoms with van der Waals surface area (Å²) in [6.45, 7) is 11.3. The van der Waals surface area contributed by atoms with E-state index in [9.17, 15) is 0 Å². The summed E-state index contributed by atoms with van der Waals surface area (Å²) in [5.41, 5.74) is 0. The predicted molar refractivity (Wildman–Crippen MR) is 177 cm³/mol. The molecule has 0 aliphatic heterocycles. The average molecular weight is 735 g/mol. The zero-order chi connectivity index (χ0) is 31.6. The summed E-state index contributed by atoms with van der Waals surface area (Å²) in [5, 5.41) is 0. The van der Waals surface area contributed by atoms with E-state index in [0.29, 0.717) is 0 Å². The normalized spacial score (nSPS) is 12.2. The molecule has 0 rings (SSSR count). The number of hydrogen-bond donors (Lipinski definition) is 0. The molecular weight excluding hydrogens is 661 g/mol. The number of ether oxygens (including phenoxy) is 1. The van der Waals surface area contributed by atoms with Crippen LogP contribution < -0.4 is 169 Å². The van der Waals surface area contributed by atoms with Gasteiger partial charge in [0.2, 0.25) is 0 Å². The van der Waals surface area contributed by atoms with Crippen molar-refractivity contribution in [3.05, 3.63) is 0 Å². The first-order valence-electron chi connectivity index (χ1n) is 18.6. The number of rotatable bonds is 32. The van der Waals surface area contributed by atoms with Gasteiger partial charge < -0.3 is 24.0 Å². The summed E-state index contributed by atoms with van der Waals surface area (Å²) in [4.78, 5) is 25.6. The summed E-state index contributed by atoms with van der Waals surface area (Å²) in [6, 6.07) is 0. The monoisotopic (exact) mass is 734 g/mol. The average Bonchev–Trinajstić information content (AvgIpc) is 2.94. The van der Waals surface area contributed by atoms with E-state index in [4.69, 9.17) is 24.0 Å². The first-order valence-corrected chi connectivity index (χ1v) is 20.0. The summed E-state index contributed by atoms with van der Waals surface area (Å²) in [5.74, 6) is 1.61. The van der Waals surface area contributed by atoms with E-state index in [-0.39, 0.29) is 154 Å². The zero-order valence-electron chi connectivity index (χ0n) is 31.9. The number of hydrogen-bond acceptors (Lipinski definition) is 5. The third-order valence-electron chi connectivity index (χ3n) is 8.57. The maximum atomic E-state index is 8.55. The van der Waals surface area contributed by atoms with Crippen molar-refractivity contribution in [1.82, 2.24) is 0 Å². The second-order valence-corrected chi connectivity index (χ2v) is 13.8.